The Labute approximate surface area is 121 Å². The maximum absolute atomic E-state index is 12.7. The molecule has 1 heterocycles. The number of carboxylic acids is 1. The Morgan fingerprint density at radius 1 is 1.35 bits per heavy atom. The van der Waals surface area contributed by atoms with Gasteiger partial charge in [-0.15, -0.1) is 11.8 Å². The molecular formula is C14H16FNO3S. The van der Waals surface area contributed by atoms with Gasteiger partial charge in [0.2, 0.25) is 5.91 Å². The van der Waals surface area contributed by atoms with Crippen molar-refractivity contribution in [3.63, 3.8) is 0 Å². The molecule has 1 unspecified atom stereocenters. The van der Waals surface area contributed by atoms with Crippen LogP contribution in [0.25, 0.3) is 0 Å². The van der Waals surface area contributed by atoms with Gasteiger partial charge in [0.25, 0.3) is 0 Å². The first kappa shape index (κ1) is 14.8. The summed E-state index contributed by atoms with van der Waals surface area (Å²) in [6.07, 6.45) is 0.903. The van der Waals surface area contributed by atoms with Gasteiger partial charge in [-0.2, -0.15) is 0 Å². The van der Waals surface area contributed by atoms with Crippen LogP contribution in [0, 0.1) is 11.7 Å². The van der Waals surface area contributed by atoms with Crippen LogP contribution in [-0.4, -0.2) is 40.7 Å². The van der Waals surface area contributed by atoms with Crippen molar-refractivity contribution in [3.8, 4) is 0 Å². The summed E-state index contributed by atoms with van der Waals surface area (Å²) in [6.45, 7) is 0.840. The van der Waals surface area contributed by atoms with E-state index in [9.17, 15) is 14.0 Å². The van der Waals surface area contributed by atoms with Gasteiger partial charge in [0.15, 0.2) is 0 Å². The van der Waals surface area contributed by atoms with Gasteiger partial charge in [0, 0.05) is 30.2 Å². The molecule has 1 saturated heterocycles. The molecule has 1 aromatic carbocycles. The molecule has 108 valence electrons. The molecule has 0 spiro atoms. The summed E-state index contributed by atoms with van der Waals surface area (Å²) in [7, 11) is 0. The van der Waals surface area contributed by atoms with Crippen molar-refractivity contribution in [3.05, 3.63) is 30.1 Å². The molecule has 1 amide bonds. The quantitative estimate of drug-likeness (QED) is 0.847. The topological polar surface area (TPSA) is 57.6 Å². The standard InChI is InChI=1S/C14H16FNO3S/c15-11-1-3-12(4-2-11)20-8-6-13(17)16-7-5-10(9-16)14(18)19/h1-4,10H,5-9H2,(H,18,19). The third-order valence-electron chi connectivity index (χ3n) is 3.29. The van der Waals surface area contributed by atoms with Gasteiger partial charge in [-0.05, 0) is 30.7 Å². The second-order valence-electron chi connectivity index (χ2n) is 4.72. The number of aliphatic carboxylic acids is 1. The molecule has 0 aromatic heterocycles. The van der Waals surface area contributed by atoms with E-state index >= 15 is 0 Å². The maximum Gasteiger partial charge on any atom is 0.308 e. The predicted molar refractivity (Wildman–Crippen MR) is 74.1 cm³/mol. The van der Waals surface area contributed by atoms with Gasteiger partial charge in [-0.3, -0.25) is 9.59 Å². The van der Waals surface area contributed by atoms with E-state index in [1.165, 1.54) is 23.9 Å². The third kappa shape index (κ3) is 3.96. The monoisotopic (exact) mass is 297 g/mol. The van der Waals surface area contributed by atoms with Gasteiger partial charge in [0.05, 0.1) is 5.92 Å². The number of carbonyl (C=O) groups excluding carboxylic acids is 1. The molecule has 1 aliphatic heterocycles. The molecule has 0 radical (unpaired) electrons. The van der Waals surface area contributed by atoms with Crippen molar-refractivity contribution < 1.29 is 19.1 Å². The van der Waals surface area contributed by atoms with Crippen LogP contribution in [0.15, 0.2) is 29.2 Å². The van der Waals surface area contributed by atoms with Gasteiger partial charge in [-0.25, -0.2) is 4.39 Å². The average Bonchev–Trinajstić information content (AvgIpc) is 2.91. The van der Waals surface area contributed by atoms with Gasteiger partial charge in [-0.1, -0.05) is 0 Å². The lowest BCUT2D eigenvalue weighted by molar-refractivity contribution is -0.141. The Bertz CT molecular complexity index is 492. The minimum Gasteiger partial charge on any atom is -0.481 e. The largest absolute Gasteiger partial charge is 0.481 e. The summed E-state index contributed by atoms with van der Waals surface area (Å²) in [6, 6.07) is 6.14. The first-order valence-electron chi connectivity index (χ1n) is 6.45. The highest BCUT2D eigenvalue weighted by Gasteiger charge is 2.30. The number of nitrogens with zero attached hydrogens (tertiary/aromatic N) is 1. The lowest BCUT2D eigenvalue weighted by Crippen LogP contribution is -2.30. The van der Waals surface area contributed by atoms with Crippen molar-refractivity contribution in [1.82, 2.24) is 4.90 Å². The van der Waals surface area contributed by atoms with Crippen LogP contribution in [0.1, 0.15) is 12.8 Å². The second-order valence-corrected chi connectivity index (χ2v) is 5.88. The Morgan fingerprint density at radius 3 is 2.65 bits per heavy atom. The Morgan fingerprint density at radius 2 is 2.05 bits per heavy atom. The number of carbonyl (C=O) groups is 2. The Balaban J connectivity index is 1.73. The molecule has 1 N–H and O–H groups in total. The maximum atomic E-state index is 12.7. The molecule has 1 aromatic rings. The highest BCUT2D eigenvalue weighted by atomic mass is 32.2. The van der Waals surface area contributed by atoms with Crippen LogP contribution in [0.2, 0.25) is 0 Å². The van der Waals surface area contributed by atoms with E-state index in [4.69, 9.17) is 5.11 Å². The number of benzene rings is 1. The molecule has 1 fully saturated rings. The van der Waals surface area contributed by atoms with E-state index in [1.807, 2.05) is 0 Å². The van der Waals surface area contributed by atoms with Crippen LogP contribution in [0.5, 0.6) is 0 Å². The van der Waals surface area contributed by atoms with Crippen LogP contribution in [0.4, 0.5) is 4.39 Å². The van der Waals surface area contributed by atoms with E-state index in [2.05, 4.69) is 0 Å². The fourth-order valence-corrected chi connectivity index (χ4v) is 2.97. The van der Waals surface area contributed by atoms with Crippen LogP contribution >= 0.6 is 11.8 Å². The molecule has 20 heavy (non-hydrogen) atoms. The van der Waals surface area contributed by atoms with E-state index in [-0.39, 0.29) is 11.7 Å². The highest BCUT2D eigenvalue weighted by Crippen LogP contribution is 2.21. The van der Waals surface area contributed by atoms with Crippen molar-refractivity contribution in [2.45, 2.75) is 17.7 Å². The van der Waals surface area contributed by atoms with Crippen LogP contribution < -0.4 is 0 Å². The van der Waals surface area contributed by atoms with Crippen molar-refractivity contribution in [2.75, 3.05) is 18.8 Å². The summed E-state index contributed by atoms with van der Waals surface area (Å²) >= 11 is 1.49. The molecule has 0 aliphatic carbocycles. The molecule has 0 bridgehead atoms. The molecule has 2 rings (SSSR count). The zero-order valence-electron chi connectivity index (χ0n) is 10.9. The summed E-state index contributed by atoms with van der Waals surface area (Å²) in [5, 5.41) is 8.89. The average molecular weight is 297 g/mol. The summed E-state index contributed by atoms with van der Waals surface area (Å²) in [4.78, 5) is 25.3. The fourth-order valence-electron chi connectivity index (χ4n) is 2.13. The number of hydrogen-bond acceptors (Lipinski definition) is 3. The first-order valence-corrected chi connectivity index (χ1v) is 7.44. The van der Waals surface area contributed by atoms with Crippen LogP contribution in [0.3, 0.4) is 0 Å². The fraction of sp³-hybridized carbons (Fsp3) is 0.429. The van der Waals surface area contributed by atoms with E-state index < -0.39 is 11.9 Å². The SMILES string of the molecule is O=C(O)C1CCN(C(=O)CCSc2ccc(F)cc2)C1. The van der Waals surface area contributed by atoms with Crippen molar-refractivity contribution >= 4 is 23.6 Å². The third-order valence-corrected chi connectivity index (χ3v) is 4.30. The Kier molecular flexibility index (Phi) is 5.00. The number of likely N-dealkylation sites (tertiary alicyclic amines) is 1. The van der Waals surface area contributed by atoms with Crippen molar-refractivity contribution in [1.29, 1.82) is 0 Å². The first-order chi connectivity index (χ1) is 9.56. The minimum absolute atomic E-state index is 0.0108. The van der Waals surface area contributed by atoms with Gasteiger partial charge >= 0.3 is 5.97 Å². The molecule has 4 nitrogen and oxygen atoms in total. The second kappa shape index (κ2) is 6.74. The van der Waals surface area contributed by atoms with Gasteiger partial charge in [0.1, 0.15) is 5.82 Å². The molecule has 1 aliphatic rings. The van der Waals surface area contributed by atoms with Crippen LogP contribution in [-0.2, 0) is 9.59 Å². The number of thioether (sulfide) groups is 1. The summed E-state index contributed by atoms with van der Waals surface area (Å²) in [5.41, 5.74) is 0. The zero-order chi connectivity index (χ0) is 14.5. The predicted octanol–water partition coefficient (Wildman–Crippen LogP) is 2.24. The number of hydrogen-bond donors (Lipinski definition) is 1. The van der Waals surface area contributed by atoms with E-state index in [0.717, 1.165) is 4.90 Å². The Hall–Kier alpha value is -1.56. The minimum atomic E-state index is -0.832. The number of rotatable bonds is 5. The molecular weight excluding hydrogens is 281 g/mol. The molecule has 6 heteroatoms. The molecule has 0 saturated carbocycles. The number of amides is 1. The van der Waals surface area contributed by atoms with Gasteiger partial charge < -0.3 is 10.0 Å². The van der Waals surface area contributed by atoms with E-state index in [1.54, 1.807) is 17.0 Å². The molecule has 1 atom stereocenters. The number of carboxylic acid groups (broad SMARTS) is 1. The normalized spacial score (nSPS) is 18.2. The highest BCUT2D eigenvalue weighted by molar-refractivity contribution is 7.99. The lowest BCUT2D eigenvalue weighted by atomic mass is 10.1. The number of halogens is 1. The van der Waals surface area contributed by atoms with Crippen molar-refractivity contribution in [2.24, 2.45) is 5.92 Å². The lowest BCUT2D eigenvalue weighted by Gasteiger charge is -2.15. The summed E-state index contributed by atoms with van der Waals surface area (Å²) < 4.78 is 12.7. The van der Waals surface area contributed by atoms with E-state index in [0.29, 0.717) is 31.7 Å². The zero-order valence-corrected chi connectivity index (χ0v) is 11.7. The summed E-state index contributed by atoms with van der Waals surface area (Å²) in [5.74, 6) is -0.936. The smallest absolute Gasteiger partial charge is 0.308 e.